The average Bonchev–Trinajstić information content (AvgIpc) is 2.62. The third-order valence-corrected chi connectivity index (χ3v) is 5.31. The Morgan fingerprint density at radius 3 is 2.38 bits per heavy atom. The Kier molecular flexibility index (Phi) is 6.62. The summed E-state index contributed by atoms with van der Waals surface area (Å²) in [5, 5.41) is 20.3. The fourth-order valence-corrected chi connectivity index (χ4v) is 3.81. The molecule has 0 radical (unpaired) electrons. The lowest BCUT2D eigenvalue weighted by Crippen LogP contribution is -2.38. The highest BCUT2D eigenvalue weighted by molar-refractivity contribution is 5.85. The molecular formula is C20H25ClN2O3. The number of pyridine rings is 1. The molecule has 1 saturated carbocycles. The fraction of sp³-hybridized carbons (Fsp3) is 0.400. The van der Waals surface area contributed by atoms with Gasteiger partial charge in [0.05, 0.1) is 11.9 Å². The summed E-state index contributed by atoms with van der Waals surface area (Å²) >= 11 is 0. The Labute approximate surface area is 159 Å². The van der Waals surface area contributed by atoms with Crippen molar-refractivity contribution in [3.05, 3.63) is 59.9 Å². The molecule has 1 aromatic carbocycles. The van der Waals surface area contributed by atoms with Crippen LogP contribution in [0, 0.1) is 11.8 Å². The summed E-state index contributed by atoms with van der Waals surface area (Å²) in [5.41, 5.74) is 6.34. The fourth-order valence-electron chi connectivity index (χ4n) is 3.81. The van der Waals surface area contributed by atoms with Gasteiger partial charge in [-0.25, -0.2) is 0 Å². The van der Waals surface area contributed by atoms with Crippen LogP contribution in [0.4, 0.5) is 0 Å². The van der Waals surface area contributed by atoms with Crippen LogP contribution in [0.5, 0.6) is 5.75 Å². The van der Waals surface area contributed by atoms with E-state index in [1.54, 1.807) is 6.07 Å². The van der Waals surface area contributed by atoms with E-state index < -0.39 is 5.60 Å². The van der Waals surface area contributed by atoms with Gasteiger partial charge < -0.3 is 15.9 Å². The zero-order valence-corrected chi connectivity index (χ0v) is 15.4. The maximum atomic E-state index is 12.0. The van der Waals surface area contributed by atoms with Gasteiger partial charge in [0.25, 0.3) is 0 Å². The molecule has 3 rings (SSSR count). The predicted octanol–water partition coefficient (Wildman–Crippen LogP) is 2.93. The maximum Gasteiger partial charge on any atom is 0.221 e. The highest BCUT2D eigenvalue weighted by Crippen LogP contribution is 2.42. The largest absolute Gasteiger partial charge is 0.506 e. The summed E-state index contributed by atoms with van der Waals surface area (Å²) in [6, 6.07) is 13.1. The Balaban J connectivity index is 0.00000243. The van der Waals surface area contributed by atoms with Gasteiger partial charge in [-0.05, 0) is 55.7 Å². The Morgan fingerprint density at radius 1 is 1.19 bits per heavy atom. The first-order valence-electron chi connectivity index (χ1n) is 8.69. The molecule has 6 heteroatoms. The van der Waals surface area contributed by atoms with Crippen molar-refractivity contribution in [3.63, 3.8) is 0 Å². The van der Waals surface area contributed by atoms with Crippen LogP contribution in [0.25, 0.3) is 0 Å². The van der Waals surface area contributed by atoms with Crippen molar-refractivity contribution < 1.29 is 15.0 Å². The van der Waals surface area contributed by atoms with Gasteiger partial charge in [-0.1, -0.05) is 30.3 Å². The molecule has 1 aromatic heterocycles. The van der Waals surface area contributed by atoms with Crippen LogP contribution in [0.15, 0.2) is 48.7 Å². The van der Waals surface area contributed by atoms with Crippen LogP contribution in [0.3, 0.4) is 0 Å². The summed E-state index contributed by atoms with van der Waals surface area (Å²) in [6.07, 6.45) is 4.50. The highest BCUT2D eigenvalue weighted by atomic mass is 35.5. The summed E-state index contributed by atoms with van der Waals surface area (Å²) in [5.74, 6) is -0.255. The third kappa shape index (κ3) is 4.54. The molecule has 0 aliphatic heterocycles. The quantitative estimate of drug-likeness (QED) is 0.747. The number of nitrogens with zero attached hydrogens (tertiary/aromatic N) is 1. The van der Waals surface area contributed by atoms with E-state index in [0.717, 1.165) is 18.4 Å². The minimum absolute atomic E-state index is 0. The number of benzene rings is 1. The molecule has 0 bridgehead atoms. The number of rotatable bonds is 5. The van der Waals surface area contributed by atoms with E-state index >= 15 is 0 Å². The van der Waals surface area contributed by atoms with Crippen molar-refractivity contribution in [2.24, 2.45) is 17.6 Å². The normalized spacial score (nSPS) is 23.7. The Bertz CT molecular complexity index is 714. The van der Waals surface area contributed by atoms with Crippen LogP contribution >= 0.6 is 12.4 Å². The topological polar surface area (TPSA) is 96.4 Å². The first-order valence-corrected chi connectivity index (χ1v) is 8.69. The molecule has 0 saturated heterocycles. The van der Waals surface area contributed by atoms with Crippen LogP contribution in [0.1, 0.15) is 36.9 Å². The van der Waals surface area contributed by atoms with Crippen LogP contribution in [-0.2, 0) is 16.8 Å². The SMILES string of the molecule is Cl.NC(=O)[C@@H](Cc1ccccc1)C1CCC(O)(c2ccc(O)cn2)CC1. The number of primary amides is 1. The number of hydrogen-bond acceptors (Lipinski definition) is 4. The standard InChI is InChI=1S/C20H24N2O3.ClH/c21-19(24)17(12-14-4-2-1-3-5-14)15-8-10-20(25,11-9-15)18-7-6-16(23)13-22-18;/h1-7,13,15,17,23,25H,8-12H2,(H2,21,24);1H/t15?,17-,20?;/m0./s1. The second-order valence-corrected chi connectivity index (χ2v) is 6.97. The Morgan fingerprint density at radius 2 is 1.85 bits per heavy atom. The van der Waals surface area contributed by atoms with E-state index in [9.17, 15) is 15.0 Å². The molecule has 1 amide bonds. The van der Waals surface area contributed by atoms with Gasteiger partial charge in [0, 0.05) is 5.92 Å². The minimum Gasteiger partial charge on any atom is -0.506 e. The van der Waals surface area contributed by atoms with Gasteiger partial charge >= 0.3 is 0 Å². The van der Waals surface area contributed by atoms with Crippen molar-refractivity contribution in [3.8, 4) is 5.75 Å². The molecule has 1 aliphatic rings. The van der Waals surface area contributed by atoms with Gasteiger partial charge in [-0.3, -0.25) is 9.78 Å². The number of aliphatic hydroxyl groups is 1. The number of nitrogens with two attached hydrogens (primary N) is 1. The molecule has 1 aliphatic carbocycles. The molecule has 0 spiro atoms. The molecule has 4 N–H and O–H groups in total. The van der Waals surface area contributed by atoms with E-state index in [1.165, 1.54) is 12.3 Å². The van der Waals surface area contributed by atoms with Crippen LogP contribution in [-0.4, -0.2) is 21.1 Å². The predicted molar refractivity (Wildman–Crippen MR) is 102 cm³/mol. The second kappa shape index (κ2) is 8.52. The van der Waals surface area contributed by atoms with Gasteiger partial charge in [-0.15, -0.1) is 12.4 Å². The lowest BCUT2D eigenvalue weighted by molar-refractivity contribution is -0.125. The van der Waals surface area contributed by atoms with Crippen molar-refractivity contribution >= 4 is 18.3 Å². The number of carbonyl (C=O) groups excluding carboxylic acids is 1. The second-order valence-electron chi connectivity index (χ2n) is 6.97. The molecule has 1 heterocycles. The lowest BCUT2D eigenvalue weighted by Gasteiger charge is -2.38. The summed E-state index contributed by atoms with van der Waals surface area (Å²) in [6.45, 7) is 0. The van der Waals surface area contributed by atoms with Gasteiger partial charge in [-0.2, -0.15) is 0 Å². The molecular weight excluding hydrogens is 352 g/mol. The zero-order chi connectivity index (χ0) is 17.9. The smallest absolute Gasteiger partial charge is 0.221 e. The Hall–Kier alpha value is -2.11. The summed E-state index contributed by atoms with van der Waals surface area (Å²) in [4.78, 5) is 16.1. The van der Waals surface area contributed by atoms with E-state index in [2.05, 4.69) is 4.98 Å². The first-order chi connectivity index (χ1) is 12.0. The summed E-state index contributed by atoms with van der Waals surface area (Å²) < 4.78 is 0. The van der Waals surface area contributed by atoms with Crippen LogP contribution < -0.4 is 5.73 Å². The molecule has 0 unspecified atom stereocenters. The van der Waals surface area contributed by atoms with Gasteiger partial charge in [0.2, 0.25) is 5.91 Å². The number of halogens is 1. The molecule has 1 atom stereocenters. The third-order valence-electron chi connectivity index (χ3n) is 5.31. The lowest BCUT2D eigenvalue weighted by atomic mass is 9.71. The van der Waals surface area contributed by atoms with Gasteiger partial charge in [0.15, 0.2) is 0 Å². The average molecular weight is 377 g/mol. The van der Waals surface area contributed by atoms with E-state index in [-0.39, 0.29) is 35.9 Å². The van der Waals surface area contributed by atoms with E-state index in [1.807, 2.05) is 30.3 Å². The number of carbonyl (C=O) groups is 1. The number of amides is 1. The van der Waals surface area contributed by atoms with Crippen molar-refractivity contribution in [2.75, 3.05) is 0 Å². The van der Waals surface area contributed by atoms with Crippen molar-refractivity contribution in [1.29, 1.82) is 0 Å². The summed E-state index contributed by atoms with van der Waals surface area (Å²) in [7, 11) is 0. The number of hydrogen-bond donors (Lipinski definition) is 3. The number of aromatic nitrogens is 1. The molecule has 5 nitrogen and oxygen atoms in total. The molecule has 140 valence electrons. The minimum atomic E-state index is -1.00. The van der Waals surface area contributed by atoms with Gasteiger partial charge in [0.1, 0.15) is 11.4 Å². The maximum absolute atomic E-state index is 12.0. The number of aromatic hydroxyl groups is 1. The van der Waals surface area contributed by atoms with Crippen molar-refractivity contribution in [2.45, 2.75) is 37.7 Å². The molecule has 26 heavy (non-hydrogen) atoms. The molecule has 2 aromatic rings. The van der Waals surface area contributed by atoms with E-state index in [0.29, 0.717) is 25.0 Å². The molecule has 1 fully saturated rings. The monoisotopic (exact) mass is 376 g/mol. The van der Waals surface area contributed by atoms with Crippen molar-refractivity contribution in [1.82, 2.24) is 4.98 Å². The first kappa shape index (κ1) is 20.2. The zero-order valence-electron chi connectivity index (χ0n) is 14.5. The van der Waals surface area contributed by atoms with Crippen LogP contribution in [0.2, 0.25) is 0 Å². The van der Waals surface area contributed by atoms with E-state index in [4.69, 9.17) is 5.73 Å². The highest BCUT2D eigenvalue weighted by Gasteiger charge is 2.39.